The van der Waals surface area contributed by atoms with Gasteiger partial charge in [0.1, 0.15) is 0 Å². The van der Waals surface area contributed by atoms with Crippen LogP contribution in [-0.2, 0) is 16.1 Å². The molecule has 0 unspecified atom stereocenters. The summed E-state index contributed by atoms with van der Waals surface area (Å²) in [5.41, 5.74) is 1.13. The van der Waals surface area contributed by atoms with Crippen LogP contribution >= 0.6 is 0 Å². The van der Waals surface area contributed by atoms with Crippen LogP contribution in [0.1, 0.15) is 18.9 Å². The fourth-order valence-corrected chi connectivity index (χ4v) is 3.62. The van der Waals surface area contributed by atoms with E-state index in [-0.39, 0.29) is 24.8 Å². The van der Waals surface area contributed by atoms with Crippen molar-refractivity contribution in [3.63, 3.8) is 0 Å². The second-order valence-corrected chi connectivity index (χ2v) is 6.86. The van der Waals surface area contributed by atoms with Gasteiger partial charge in [0, 0.05) is 32.7 Å². The maximum atomic E-state index is 12.6. The van der Waals surface area contributed by atoms with Gasteiger partial charge in [-0.25, -0.2) is 0 Å². The number of piperazine rings is 1. The molecule has 0 radical (unpaired) electrons. The fraction of sp³-hybridized carbons (Fsp3) is 0.429. The van der Waals surface area contributed by atoms with E-state index in [2.05, 4.69) is 40.5 Å². The molecule has 2 aromatic carbocycles. The lowest BCUT2D eigenvalue weighted by Gasteiger charge is -2.35. The first-order valence-electron chi connectivity index (χ1n) is 9.50. The van der Waals surface area contributed by atoms with Gasteiger partial charge < -0.3 is 15.3 Å². The summed E-state index contributed by atoms with van der Waals surface area (Å²) >= 11 is 0. The van der Waals surface area contributed by atoms with Gasteiger partial charge in [-0.1, -0.05) is 36.4 Å². The van der Waals surface area contributed by atoms with Crippen molar-refractivity contribution in [2.75, 3.05) is 32.8 Å². The summed E-state index contributed by atoms with van der Waals surface area (Å²) in [7, 11) is 0. The Morgan fingerprint density at radius 3 is 2.78 bits per heavy atom. The fourth-order valence-electron chi connectivity index (χ4n) is 3.62. The van der Waals surface area contributed by atoms with E-state index in [9.17, 15) is 9.59 Å². The van der Waals surface area contributed by atoms with Crippen LogP contribution in [0.5, 0.6) is 0 Å². The molecule has 1 aliphatic rings. The molecule has 0 spiro atoms. The predicted octanol–water partition coefficient (Wildman–Crippen LogP) is 1.37. The second-order valence-electron chi connectivity index (χ2n) is 6.86. The standard InChI is InChI=1S/C21H27N3O3/c1-2-23(11-12-25)20(26)14-19-21(27)22-9-10-24(19)15-16-7-8-17-5-3-4-6-18(17)13-16/h3-8,13,19,25H,2,9-12,14-15H2,1H3,(H,22,27)/t19-/m1/s1. The van der Waals surface area contributed by atoms with Gasteiger partial charge in [0.25, 0.3) is 0 Å². The number of carbonyl (C=O) groups is 2. The van der Waals surface area contributed by atoms with Gasteiger partial charge in [0.05, 0.1) is 19.1 Å². The van der Waals surface area contributed by atoms with Gasteiger partial charge in [0.2, 0.25) is 11.8 Å². The highest BCUT2D eigenvalue weighted by molar-refractivity contribution is 5.89. The van der Waals surface area contributed by atoms with Crippen molar-refractivity contribution < 1.29 is 14.7 Å². The van der Waals surface area contributed by atoms with Gasteiger partial charge in [-0.05, 0) is 29.3 Å². The molecule has 3 rings (SSSR count). The molecule has 1 atom stereocenters. The average Bonchev–Trinajstić information content (AvgIpc) is 2.68. The number of nitrogens with one attached hydrogen (secondary N) is 1. The molecule has 0 bridgehead atoms. The smallest absolute Gasteiger partial charge is 0.237 e. The third kappa shape index (κ3) is 4.64. The second kappa shape index (κ2) is 8.97. The van der Waals surface area contributed by atoms with Crippen LogP contribution < -0.4 is 5.32 Å². The molecule has 0 aliphatic carbocycles. The lowest BCUT2D eigenvalue weighted by Crippen LogP contribution is -2.56. The van der Waals surface area contributed by atoms with Crippen molar-refractivity contribution in [1.29, 1.82) is 0 Å². The summed E-state index contributed by atoms with van der Waals surface area (Å²) < 4.78 is 0. The maximum absolute atomic E-state index is 12.6. The number of hydrogen-bond acceptors (Lipinski definition) is 4. The minimum absolute atomic E-state index is 0.0722. The first-order valence-corrected chi connectivity index (χ1v) is 9.50. The minimum atomic E-state index is -0.481. The number of likely N-dealkylation sites (N-methyl/N-ethyl adjacent to an activating group) is 1. The van der Waals surface area contributed by atoms with Gasteiger partial charge in [-0.2, -0.15) is 0 Å². The van der Waals surface area contributed by atoms with E-state index < -0.39 is 6.04 Å². The highest BCUT2D eigenvalue weighted by Gasteiger charge is 2.32. The van der Waals surface area contributed by atoms with Crippen LogP contribution in [0.25, 0.3) is 10.8 Å². The Morgan fingerprint density at radius 2 is 2.04 bits per heavy atom. The third-order valence-corrected chi connectivity index (χ3v) is 5.11. The van der Waals surface area contributed by atoms with Crippen molar-refractivity contribution in [2.45, 2.75) is 25.9 Å². The number of amides is 2. The van der Waals surface area contributed by atoms with Crippen molar-refractivity contribution in [3.8, 4) is 0 Å². The van der Waals surface area contributed by atoms with Crippen molar-refractivity contribution in [1.82, 2.24) is 15.1 Å². The number of aliphatic hydroxyl groups excluding tert-OH is 1. The minimum Gasteiger partial charge on any atom is -0.395 e. The summed E-state index contributed by atoms with van der Waals surface area (Å²) in [6, 6.07) is 14.0. The van der Waals surface area contributed by atoms with Gasteiger partial charge in [-0.3, -0.25) is 14.5 Å². The molecule has 2 N–H and O–H groups in total. The zero-order chi connectivity index (χ0) is 19.2. The van der Waals surface area contributed by atoms with Crippen molar-refractivity contribution in [2.24, 2.45) is 0 Å². The summed E-state index contributed by atoms with van der Waals surface area (Å²) in [6.07, 6.45) is 0.132. The molecular weight excluding hydrogens is 342 g/mol. The number of hydrogen-bond donors (Lipinski definition) is 2. The SMILES string of the molecule is CCN(CCO)C(=O)C[C@@H]1C(=O)NCCN1Cc1ccc2ccccc2c1. The molecule has 0 aromatic heterocycles. The van der Waals surface area contributed by atoms with Gasteiger partial charge in [0.15, 0.2) is 0 Å². The van der Waals surface area contributed by atoms with E-state index in [1.807, 2.05) is 19.1 Å². The molecule has 2 aromatic rings. The monoisotopic (exact) mass is 369 g/mol. The summed E-state index contributed by atoms with van der Waals surface area (Å²) in [6.45, 7) is 4.56. The Balaban J connectivity index is 1.74. The first-order chi connectivity index (χ1) is 13.1. The lowest BCUT2D eigenvalue weighted by atomic mass is 10.0. The van der Waals surface area contributed by atoms with Crippen LogP contribution in [0.3, 0.4) is 0 Å². The number of rotatable bonds is 7. The molecular formula is C21H27N3O3. The summed E-state index contributed by atoms with van der Waals surface area (Å²) in [5, 5.41) is 14.4. The number of fused-ring (bicyclic) bond motifs is 1. The highest BCUT2D eigenvalue weighted by Crippen LogP contribution is 2.19. The molecule has 27 heavy (non-hydrogen) atoms. The number of benzene rings is 2. The Bertz CT molecular complexity index is 808. The summed E-state index contributed by atoms with van der Waals surface area (Å²) in [4.78, 5) is 28.7. The molecule has 1 saturated heterocycles. The molecule has 144 valence electrons. The molecule has 2 amide bonds. The number of aliphatic hydroxyl groups is 1. The molecule has 1 aliphatic heterocycles. The zero-order valence-corrected chi connectivity index (χ0v) is 15.7. The number of carbonyl (C=O) groups excluding carboxylic acids is 2. The van der Waals surface area contributed by atoms with E-state index in [1.165, 1.54) is 10.8 Å². The van der Waals surface area contributed by atoms with Crippen LogP contribution in [0.2, 0.25) is 0 Å². The van der Waals surface area contributed by atoms with Crippen LogP contribution in [0.4, 0.5) is 0 Å². The van der Waals surface area contributed by atoms with Crippen LogP contribution in [0.15, 0.2) is 42.5 Å². The highest BCUT2D eigenvalue weighted by atomic mass is 16.3. The molecule has 0 saturated carbocycles. The topological polar surface area (TPSA) is 72.9 Å². The van der Waals surface area contributed by atoms with Gasteiger partial charge >= 0.3 is 0 Å². The van der Waals surface area contributed by atoms with E-state index in [0.29, 0.717) is 32.7 Å². The quantitative estimate of drug-likeness (QED) is 0.773. The van der Waals surface area contributed by atoms with Crippen molar-refractivity contribution >= 4 is 22.6 Å². The average molecular weight is 369 g/mol. The Hall–Kier alpha value is -2.44. The van der Waals surface area contributed by atoms with E-state index in [0.717, 1.165) is 5.56 Å². The Kier molecular flexibility index (Phi) is 6.42. The van der Waals surface area contributed by atoms with Gasteiger partial charge in [-0.15, -0.1) is 0 Å². The van der Waals surface area contributed by atoms with E-state index in [1.54, 1.807) is 4.90 Å². The lowest BCUT2D eigenvalue weighted by molar-refractivity contribution is -0.139. The van der Waals surface area contributed by atoms with E-state index >= 15 is 0 Å². The molecule has 1 heterocycles. The Morgan fingerprint density at radius 1 is 1.26 bits per heavy atom. The first kappa shape index (κ1) is 19.3. The summed E-state index contributed by atoms with van der Waals surface area (Å²) in [5.74, 6) is -0.201. The van der Waals surface area contributed by atoms with E-state index in [4.69, 9.17) is 5.11 Å². The largest absolute Gasteiger partial charge is 0.395 e. The Labute approximate surface area is 159 Å². The molecule has 1 fully saturated rings. The third-order valence-electron chi connectivity index (χ3n) is 5.11. The zero-order valence-electron chi connectivity index (χ0n) is 15.7. The van der Waals surface area contributed by atoms with Crippen LogP contribution in [-0.4, -0.2) is 65.5 Å². The maximum Gasteiger partial charge on any atom is 0.237 e. The van der Waals surface area contributed by atoms with Crippen molar-refractivity contribution in [3.05, 3.63) is 48.0 Å². The number of nitrogens with zero attached hydrogens (tertiary/aromatic N) is 2. The molecule has 6 heteroatoms. The van der Waals surface area contributed by atoms with Crippen LogP contribution in [0, 0.1) is 0 Å². The molecule has 6 nitrogen and oxygen atoms in total. The normalized spacial score (nSPS) is 17.7. The predicted molar refractivity (Wildman–Crippen MR) is 105 cm³/mol.